The van der Waals surface area contributed by atoms with Gasteiger partial charge < -0.3 is 25.1 Å². The van der Waals surface area contributed by atoms with Crippen molar-refractivity contribution in [3.63, 3.8) is 0 Å². The van der Waals surface area contributed by atoms with Crippen molar-refractivity contribution in [1.82, 2.24) is 19.9 Å². The average molecular weight is 387 g/mol. The Bertz CT molecular complexity index is 904. The van der Waals surface area contributed by atoms with Crippen molar-refractivity contribution < 1.29 is 15.0 Å². The third-order valence-electron chi connectivity index (χ3n) is 4.97. The van der Waals surface area contributed by atoms with Gasteiger partial charge in [0, 0.05) is 13.1 Å². The summed E-state index contributed by atoms with van der Waals surface area (Å²) >= 11 is 5.58. The minimum Gasteiger partial charge on any atom is -0.391 e. The van der Waals surface area contributed by atoms with Crippen LogP contribution in [0.4, 0.5) is 5.82 Å². The summed E-state index contributed by atoms with van der Waals surface area (Å²) in [6.07, 6.45) is 1.47. The van der Waals surface area contributed by atoms with Crippen LogP contribution in [-0.2, 0) is 4.79 Å². The van der Waals surface area contributed by atoms with Crippen LogP contribution >= 0.6 is 12.2 Å². The summed E-state index contributed by atoms with van der Waals surface area (Å²) < 4.78 is 1.95. The molecule has 4 N–H and O–H groups in total. The van der Waals surface area contributed by atoms with Crippen molar-refractivity contribution in [2.75, 3.05) is 18.5 Å². The minimum atomic E-state index is -0.990. The molecule has 0 saturated carbocycles. The van der Waals surface area contributed by atoms with Gasteiger partial charge in [0.25, 0.3) is 0 Å². The van der Waals surface area contributed by atoms with Crippen LogP contribution in [0.3, 0.4) is 0 Å². The van der Waals surface area contributed by atoms with Crippen molar-refractivity contribution in [3.8, 4) is 0 Å². The second kappa shape index (κ2) is 7.35. The second-order valence-electron chi connectivity index (χ2n) is 6.78. The first kappa shape index (κ1) is 18.1. The number of hydrazine groups is 1. The molecule has 9 heteroatoms. The van der Waals surface area contributed by atoms with Gasteiger partial charge in [-0.25, -0.2) is 10.4 Å². The Morgan fingerprint density at radius 2 is 2.07 bits per heavy atom. The summed E-state index contributed by atoms with van der Waals surface area (Å²) in [6.45, 7) is 0.899. The molecule has 2 aromatic rings. The van der Waals surface area contributed by atoms with Gasteiger partial charge in [0.1, 0.15) is 10.7 Å². The van der Waals surface area contributed by atoms with Crippen LogP contribution in [0, 0.1) is 4.64 Å². The van der Waals surface area contributed by atoms with E-state index in [1.807, 2.05) is 30.3 Å². The number of anilines is 1. The van der Waals surface area contributed by atoms with Crippen molar-refractivity contribution >= 4 is 23.9 Å². The van der Waals surface area contributed by atoms with E-state index in [0.717, 1.165) is 12.0 Å². The van der Waals surface area contributed by atoms with Gasteiger partial charge in [-0.1, -0.05) is 42.5 Å². The summed E-state index contributed by atoms with van der Waals surface area (Å²) in [5, 5.41) is 20.1. The SMILES string of the molecule is O=C(C(c1ccccc1)n1cnc2c(c1=S)C(O)NN2)N1CCCC(O)C1. The van der Waals surface area contributed by atoms with Crippen LogP contribution in [0.15, 0.2) is 36.7 Å². The van der Waals surface area contributed by atoms with E-state index in [2.05, 4.69) is 15.8 Å². The number of piperidine rings is 1. The normalized spacial score (nSPS) is 22.8. The van der Waals surface area contributed by atoms with Crippen molar-refractivity contribution in [3.05, 3.63) is 52.4 Å². The van der Waals surface area contributed by atoms with Crippen LogP contribution < -0.4 is 10.9 Å². The Morgan fingerprint density at radius 1 is 1.30 bits per heavy atom. The molecule has 0 aliphatic carbocycles. The van der Waals surface area contributed by atoms with Crippen LogP contribution in [0.1, 0.15) is 36.2 Å². The first-order valence-electron chi connectivity index (χ1n) is 8.88. The van der Waals surface area contributed by atoms with E-state index in [4.69, 9.17) is 12.2 Å². The first-order valence-corrected chi connectivity index (χ1v) is 9.29. The summed E-state index contributed by atoms with van der Waals surface area (Å²) in [6, 6.07) is 8.63. The molecule has 0 radical (unpaired) electrons. The number of rotatable bonds is 3. The maximum Gasteiger partial charge on any atom is 0.250 e. The molecule has 2 aliphatic heterocycles. The zero-order chi connectivity index (χ0) is 19.0. The average Bonchev–Trinajstić information content (AvgIpc) is 3.06. The molecule has 2 aliphatic rings. The molecular weight excluding hydrogens is 366 g/mol. The number of amides is 1. The highest BCUT2D eigenvalue weighted by Gasteiger charge is 2.33. The number of nitrogens with zero attached hydrogens (tertiary/aromatic N) is 3. The van der Waals surface area contributed by atoms with Gasteiger partial charge in [0.2, 0.25) is 5.91 Å². The second-order valence-corrected chi connectivity index (χ2v) is 7.17. The molecule has 3 unspecified atom stereocenters. The maximum absolute atomic E-state index is 13.4. The molecule has 27 heavy (non-hydrogen) atoms. The molecule has 8 nitrogen and oxygen atoms in total. The highest BCUT2D eigenvalue weighted by molar-refractivity contribution is 7.71. The van der Waals surface area contributed by atoms with Crippen molar-refractivity contribution in [1.29, 1.82) is 0 Å². The van der Waals surface area contributed by atoms with E-state index in [1.165, 1.54) is 6.33 Å². The van der Waals surface area contributed by atoms with Gasteiger partial charge in [-0.2, -0.15) is 0 Å². The van der Waals surface area contributed by atoms with E-state index in [1.54, 1.807) is 9.47 Å². The fourth-order valence-corrected chi connectivity index (χ4v) is 3.97. The van der Waals surface area contributed by atoms with Gasteiger partial charge in [0.05, 0.1) is 18.0 Å². The largest absolute Gasteiger partial charge is 0.391 e. The van der Waals surface area contributed by atoms with E-state index in [0.29, 0.717) is 35.5 Å². The highest BCUT2D eigenvalue weighted by atomic mass is 32.1. The molecule has 3 heterocycles. The molecule has 1 fully saturated rings. The number of likely N-dealkylation sites (tertiary alicyclic amines) is 1. The summed E-state index contributed by atoms with van der Waals surface area (Å²) in [4.78, 5) is 19.4. The Balaban J connectivity index is 1.79. The Morgan fingerprint density at radius 3 is 2.81 bits per heavy atom. The van der Waals surface area contributed by atoms with Crippen molar-refractivity contribution in [2.24, 2.45) is 0 Å². The number of carbonyl (C=O) groups excluding carboxylic acids is 1. The minimum absolute atomic E-state index is 0.147. The summed E-state index contributed by atoms with van der Waals surface area (Å²) in [5.74, 6) is 0.308. The number of aromatic nitrogens is 2. The van der Waals surface area contributed by atoms with Crippen LogP contribution in [0.2, 0.25) is 0 Å². The lowest BCUT2D eigenvalue weighted by Gasteiger charge is -2.33. The van der Waals surface area contributed by atoms with Gasteiger partial charge >= 0.3 is 0 Å². The van der Waals surface area contributed by atoms with Crippen LogP contribution in [0.25, 0.3) is 0 Å². The Kier molecular flexibility index (Phi) is 4.92. The van der Waals surface area contributed by atoms with E-state index >= 15 is 0 Å². The fraction of sp³-hybridized carbons (Fsp3) is 0.389. The number of carbonyl (C=O) groups is 1. The number of hydrogen-bond donors (Lipinski definition) is 4. The lowest BCUT2D eigenvalue weighted by atomic mass is 10.0. The fourth-order valence-electron chi connectivity index (χ4n) is 3.61. The standard InChI is InChI=1S/C18H21N5O3S/c24-12-7-4-8-22(9-12)17(26)14(11-5-2-1-3-6-11)23-10-19-15-13(18(23)27)16(25)21-20-15/h1-3,5-6,10,12,14,16,20-21,24-25H,4,7-9H2. The first-order chi connectivity index (χ1) is 13.1. The monoisotopic (exact) mass is 387 g/mol. The molecule has 3 atom stereocenters. The predicted molar refractivity (Wildman–Crippen MR) is 101 cm³/mol. The number of β-amino-alcohol motifs (C(OH)–C–C–N with tert-alkyl or cyclic N) is 1. The molecule has 0 spiro atoms. The number of hydrogen-bond acceptors (Lipinski definition) is 7. The number of aliphatic hydroxyl groups is 2. The third kappa shape index (κ3) is 3.34. The molecule has 1 saturated heterocycles. The Labute approximate surface area is 161 Å². The van der Waals surface area contributed by atoms with Crippen LogP contribution in [0.5, 0.6) is 0 Å². The number of benzene rings is 1. The van der Waals surface area contributed by atoms with Gasteiger partial charge in [-0.05, 0) is 18.4 Å². The number of fused-ring (bicyclic) bond motifs is 1. The van der Waals surface area contributed by atoms with Crippen molar-refractivity contribution in [2.45, 2.75) is 31.2 Å². The molecule has 1 aromatic carbocycles. The zero-order valence-corrected chi connectivity index (χ0v) is 15.4. The molecule has 4 rings (SSSR count). The lowest BCUT2D eigenvalue weighted by Crippen LogP contribution is -2.45. The topological polar surface area (TPSA) is 103 Å². The molecular formula is C18H21N5O3S. The number of nitrogens with one attached hydrogen (secondary N) is 2. The van der Waals surface area contributed by atoms with Gasteiger partial charge in [-0.15, -0.1) is 0 Å². The van der Waals surface area contributed by atoms with Crippen LogP contribution in [-0.4, -0.2) is 49.8 Å². The lowest BCUT2D eigenvalue weighted by molar-refractivity contribution is -0.136. The quantitative estimate of drug-likeness (QED) is 0.585. The smallest absolute Gasteiger partial charge is 0.250 e. The van der Waals surface area contributed by atoms with E-state index < -0.39 is 18.4 Å². The molecule has 0 bridgehead atoms. The molecule has 142 valence electrons. The summed E-state index contributed by atoms with van der Waals surface area (Å²) in [5.41, 5.74) is 6.66. The zero-order valence-electron chi connectivity index (χ0n) is 14.6. The summed E-state index contributed by atoms with van der Waals surface area (Å²) in [7, 11) is 0. The van der Waals surface area contributed by atoms with E-state index in [9.17, 15) is 15.0 Å². The van der Waals surface area contributed by atoms with E-state index in [-0.39, 0.29) is 5.91 Å². The van der Waals surface area contributed by atoms with Gasteiger partial charge in [0.15, 0.2) is 12.0 Å². The maximum atomic E-state index is 13.4. The molecule has 1 aromatic heterocycles. The Hall–Kier alpha value is -2.33. The third-order valence-corrected chi connectivity index (χ3v) is 5.40. The highest BCUT2D eigenvalue weighted by Crippen LogP contribution is 2.30. The molecule has 1 amide bonds. The number of aliphatic hydroxyl groups excluding tert-OH is 2. The van der Waals surface area contributed by atoms with Gasteiger partial charge in [-0.3, -0.25) is 4.79 Å². The predicted octanol–water partition coefficient (Wildman–Crippen LogP) is 1.11.